The number of esters is 1. The van der Waals surface area contributed by atoms with Gasteiger partial charge < -0.3 is 15.0 Å². The molecule has 2 rings (SSSR count). The third-order valence-corrected chi connectivity index (χ3v) is 3.83. The summed E-state index contributed by atoms with van der Waals surface area (Å²) in [4.78, 5) is 25.4. The minimum absolute atomic E-state index is 0.250. The van der Waals surface area contributed by atoms with Gasteiger partial charge in [0.25, 0.3) is 0 Å². The zero-order valence-electron chi connectivity index (χ0n) is 11.4. The van der Waals surface area contributed by atoms with Crippen LogP contribution in [0, 0.1) is 0 Å². The van der Waals surface area contributed by atoms with Crippen molar-refractivity contribution in [2.75, 3.05) is 14.2 Å². The quantitative estimate of drug-likeness (QED) is 0.843. The maximum atomic E-state index is 12.0. The van der Waals surface area contributed by atoms with E-state index in [1.807, 2.05) is 24.3 Å². The number of nitrogens with one attached hydrogen (secondary N) is 1. The summed E-state index contributed by atoms with van der Waals surface area (Å²) >= 11 is 3.39. The molecule has 5 nitrogen and oxygen atoms in total. The number of halogens is 1. The molecule has 0 bridgehead atoms. The minimum Gasteiger partial charge on any atom is -0.466 e. The first kappa shape index (κ1) is 14.6. The molecule has 6 heteroatoms. The number of methoxy groups -OCH3 is 1. The van der Waals surface area contributed by atoms with Crippen LogP contribution >= 0.6 is 15.9 Å². The SMILES string of the molecule is COC(=O)C1=C(C)N(C)C(=O)NC1c1cccc(Br)c1. The lowest BCUT2D eigenvalue weighted by Crippen LogP contribution is -2.46. The molecule has 20 heavy (non-hydrogen) atoms. The van der Waals surface area contributed by atoms with Gasteiger partial charge in [-0.25, -0.2) is 9.59 Å². The summed E-state index contributed by atoms with van der Waals surface area (Å²) in [5.41, 5.74) is 1.85. The van der Waals surface area contributed by atoms with E-state index in [0.29, 0.717) is 11.3 Å². The van der Waals surface area contributed by atoms with Crippen molar-refractivity contribution < 1.29 is 14.3 Å². The van der Waals surface area contributed by atoms with Gasteiger partial charge in [0.2, 0.25) is 0 Å². The molecule has 1 heterocycles. The van der Waals surface area contributed by atoms with E-state index in [0.717, 1.165) is 10.0 Å². The molecule has 0 spiro atoms. The van der Waals surface area contributed by atoms with Gasteiger partial charge in [-0.05, 0) is 24.6 Å². The molecule has 1 atom stereocenters. The molecule has 0 fully saturated rings. The highest BCUT2D eigenvalue weighted by atomic mass is 79.9. The summed E-state index contributed by atoms with van der Waals surface area (Å²) in [7, 11) is 2.95. The number of ether oxygens (including phenoxy) is 1. The summed E-state index contributed by atoms with van der Waals surface area (Å²) in [5, 5.41) is 2.81. The summed E-state index contributed by atoms with van der Waals surface area (Å²) in [5.74, 6) is -0.445. The fourth-order valence-electron chi connectivity index (χ4n) is 2.15. The molecule has 1 N–H and O–H groups in total. The number of carbonyl (C=O) groups excluding carboxylic acids is 2. The Kier molecular flexibility index (Phi) is 4.13. The Morgan fingerprint density at radius 2 is 2.15 bits per heavy atom. The lowest BCUT2D eigenvalue weighted by molar-refractivity contribution is -0.136. The minimum atomic E-state index is -0.511. The molecule has 1 aromatic rings. The number of rotatable bonds is 2. The van der Waals surface area contributed by atoms with Crippen LogP contribution in [0.5, 0.6) is 0 Å². The van der Waals surface area contributed by atoms with Crippen LogP contribution in [0.1, 0.15) is 18.5 Å². The smallest absolute Gasteiger partial charge is 0.337 e. The molecular weight excluding hydrogens is 324 g/mol. The fraction of sp³-hybridized carbons (Fsp3) is 0.286. The highest BCUT2D eigenvalue weighted by Crippen LogP contribution is 2.31. The lowest BCUT2D eigenvalue weighted by atomic mass is 9.95. The lowest BCUT2D eigenvalue weighted by Gasteiger charge is -2.33. The van der Waals surface area contributed by atoms with Crippen LogP contribution in [0.15, 0.2) is 40.0 Å². The second kappa shape index (κ2) is 5.66. The summed E-state index contributed by atoms with van der Waals surface area (Å²) in [6.07, 6.45) is 0. The molecule has 0 saturated heterocycles. The van der Waals surface area contributed by atoms with Crippen molar-refractivity contribution >= 4 is 27.9 Å². The molecule has 1 aliphatic heterocycles. The van der Waals surface area contributed by atoms with E-state index < -0.39 is 12.0 Å². The van der Waals surface area contributed by atoms with Crippen molar-refractivity contribution in [3.05, 3.63) is 45.6 Å². The predicted molar refractivity (Wildman–Crippen MR) is 77.9 cm³/mol. The Labute approximate surface area is 125 Å². The predicted octanol–water partition coefficient (Wildman–Crippen LogP) is 2.59. The molecule has 0 aliphatic carbocycles. The maximum Gasteiger partial charge on any atom is 0.337 e. The highest BCUT2D eigenvalue weighted by molar-refractivity contribution is 9.10. The van der Waals surface area contributed by atoms with Gasteiger partial charge in [0.1, 0.15) is 0 Å². The molecule has 2 amide bonds. The summed E-state index contributed by atoms with van der Waals surface area (Å²) in [6.45, 7) is 1.73. The van der Waals surface area contributed by atoms with Crippen molar-refractivity contribution in [1.29, 1.82) is 0 Å². The third kappa shape index (κ3) is 2.56. The van der Waals surface area contributed by atoms with Gasteiger partial charge in [0.05, 0.1) is 18.7 Å². The largest absolute Gasteiger partial charge is 0.466 e. The van der Waals surface area contributed by atoms with E-state index in [4.69, 9.17) is 4.74 Å². The van der Waals surface area contributed by atoms with Crippen molar-refractivity contribution in [1.82, 2.24) is 10.2 Å². The van der Waals surface area contributed by atoms with Gasteiger partial charge in [-0.15, -0.1) is 0 Å². The van der Waals surface area contributed by atoms with Crippen molar-refractivity contribution in [2.24, 2.45) is 0 Å². The second-order valence-electron chi connectivity index (χ2n) is 4.49. The number of nitrogens with zero attached hydrogens (tertiary/aromatic N) is 1. The molecule has 1 aliphatic rings. The Morgan fingerprint density at radius 1 is 1.45 bits per heavy atom. The first-order chi connectivity index (χ1) is 9.45. The van der Waals surface area contributed by atoms with Crippen LogP contribution in [-0.2, 0) is 9.53 Å². The van der Waals surface area contributed by atoms with Gasteiger partial charge in [-0.3, -0.25) is 0 Å². The molecule has 0 aromatic heterocycles. The standard InChI is InChI=1S/C14H15BrN2O3/c1-8-11(13(18)20-3)12(16-14(19)17(8)2)9-5-4-6-10(15)7-9/h4-7,12H,1-3H3,(H,16,19). The normalized spacial score (nSPS) is 18.9. The van der Waals surface area contributed by atoms with Crippen molar-refractivity contribution in [3.8, 4) is 0 Å². The van der Waals surface area contributed by atoms with Gasteiger partial charge in [0.15, 0.2) is 0 Å². The number of hydrogen-bond donors (Lipinski definition) is 1. The first-order valence-electron chi connectivity index (χ1n) is 6.04. The van der Waals surface area contributed by atoms with Gasteiger partial charge in [-0.2, -0.15) is 0 Å². The van der Waals surface area contributed by atoms with E-state index in [1.54, 1.807) is 14.0 Å². The zero-order valence-corrected chi connectivity index (χ0v) is 13.0. The summed E-state index contributed by atoms with van der Waals surface area (Å²) < 4.78 is 5.72. The molecule has 1 unspecified atom stereocenters. The highest BCUT2D eigenvalue weighted by Gasteiger charge is 2.34. The topological polar surface area (TPSA) is 58.6 Å². The number of hydrogen-bond acceptors (Lipinski definition) is 3. The maximum absolute atomic E-state index is 12.0. The van der Waals surface area contributed by atoms with E-state index in [-0.39, 0.29) is 6.03 Å². The number of urea groups is 1. The zero-order chi connectivity index (χ0) is 14.9. The third-order valence-electron chi connectivity index (χ3n) is 3.34. The van der Waals surface area contributed by atoms with Crippen LogP contribution < -0.4 is 5.32 Å². The average Bonchev–Trinajstić information content (AvgIpc) is 2.43. The Balaban J connectivity index is 2.55. The van der Waals surface area contributed by atoms with Gasteiger partial charge in [0, 0.05) is 17.2 Å². The Bertz CT molecular complexity index is 598. The molecular formula is C14H15BrN2O3. The van der Waals surface area contributed by atoms with Crippen LogP contribution in [0.3, 0.4) is 0 Å². The molecule has 0 saturated carbocycles. The van der Waals surface area contributed by atoms with E-state index in [9.17, 15) is 9.59 Å². The Morgan fingerprint density at radius 3 is 2.75 bits per heavy atom. The summed E-state index contributed by atoms with van der Waals surface area (Å²) in [6, 6.07) is 6.70. The number of amides is 2. The number of allylic oxidation sites excluding steroid dienone is 1. The molecule has 0 radical (unpaired) electrons. The average molecular weight is 339 g/mol. The number of carbonyl (C=O) groups is 2. The van der Waals surface area contributed by atoms with E-state index in [2.05, 4.69) is 21.2 Å². The second-order valence-corrected chi connectivity index (χ2v) is 5.40. The van der Waals surface area contributed by atoms with E-state index in [1.165, 1.54) is 12.0 Å². The van der Waals surface area contributed by atoms with Crippen LogP contribution in [-0.4, -0.2) is 31.1 Å². The van der Waals surface area contributed by atoms with Gasteiger partial charge >= 0.3 is 12.0 Å². The Hall–Kier alpha value is -1.82. The van der Waals surface area contributed by atoms with Gasteiger partial charge in [-0.1, -0.05) is 28.1 Å². The van der Waals surface area contributed by atoms with Crippen LogP contribution in [0.2, 0.25) is 0 Å². The van der Waals surface area contributed by atoms with Crippen LogP contribution in [0.4, 0.5) is 4.79 Å². The monoisotopic (exact) mass is 338 g/mol. The number of benzene rings is 1. The molecule has 1 aromatic carbocycles. The van der Waals surface area contributed by atoms with E-state index >= 15 is 0 Å². The fourth-order valence-corrected chi connectivity index (χ4v) is 2.56. The molecule has 106 valence electrons. The first-order valence-corrected chi connectivity index (χ1v) is 6.83. The van der Waals surface area contributed by atoms with Crippen LogP contribution in [0.25, 0.3) is 0 Å². The van der Waals surface area contributed by atoms with Crippen molar-refractivity contribution in [3.63, 3.8) is 0 Å². The van der Waals surface area contributed by atoms with Crippen molar-refractivity contribution in [2.45, 2.75) is 13.0 Å².